The maximum atomic E-state index is 12.4. The number of benzene rings is 2. The van der Waals surface area contributed by atoms with E-state index in [-0.39, 0.29) is 17.4 Å². The first kappa shape index (κ1) is 29.3. The van der Waals surface area contributed by atoms with Gasteiger partial charge >= 0.3 is 23.5 Å². The Morgan fingerprint density at radius 3 is 2.45 bits per heavy atom. The van der Waals surface area contributed by atoms with Crippen LogP contribution in [0.15, 0.2) is 42.5 Å². The summed E-state index contributed by atoms with van der Waals surface area (Å²) in [6, 6.07) is 11.0. The Morgan fingerprint density at radius 1 is 1.18 bits per heavy atom. The molecule has 0 aliphatic rings. The first-order valence-corrected chi connectivity index (χ1v) is 12.2. The largest absolute Gasteiger partial charge is 0.480 e. The fraction of sp³-hybridized carbons (Fsp3) is 0.296. The van der Waals surface area contributed by atoms with Crippen LogP contribution >= 0.6 is 0 Å². The molecule has 2 unspecified atom stereocenters. The molecule has 0 radical (unpaired) electrons. The number of nitrogens with one attached hydrogen (secondary N) is 1. The average Bonchev–Trinajstić information content (AvgIpc) is 2.90. The molecule has 0 fully saturated rings. The molecule has 13 heteroatoms. The van der Waals surface area contributed by atoms with E-state index in [4.69, 9.17) is 9.47 Å². The fourth-order valence-electron chi connectivity index (χ4n) is 3.62. The van der Waals surface area contributed by atoms with Crippen molar-refractivity contribution in [3.63, 3.8) is 0 Å². The number of nitriles is 1. The van der Waals surface area contributed by atoms with Crippen molar-refractivity contribution in [2.24, 2.45) is 5.92 Å². The van der Waals surface area contributed by atoms with E-state index in [1.54, 1.807) is 47.0 Å². The van der Waals surface area contributed by atoms with E-state index in [1.807, 2.05) is 6.07 Å². The van der Waals surface area contributed by atoms with Crippen LogP contribution < -0.4 is 14.8 Å². The van der Waals surface area contributed by atoms with Gasteiger partial charge in [-0.3, -0.25) is 14.9 Å². The van der Waals surface area contributed by atoms with Gasteiger partial charge in [-0.15, -0.1) is 0 Å². The Morgan fingerprint density at radius 2 is 1.88 bits per heavy atom. The van der Waals surface area contributed by atoms with Gasteiger partial charge in [0.25, 0.3) is 5.91 Å². The predicted molar refractivity (Wildman–Crippen MR) is 144 cm³/mol. The number of amides is 1. The quantitative estimate of drug-likeness (QED) is 0.249. The van der Waals surface area contributed by atoms with Crippen LogP contribution in [0, 0.1) is 34.3 Å². The summed E-state index contributed by atoms with van der Waals surface area (Å²) >= 11 is 0. The molecule has 1 heterocycles. The molecule has 40 heavy (non-hydrogen) atoms. The van der Waals surface area contributed by atoms with Crippen LogP contribution in [0.2, 0.25) is 0 Å². The van der Waals surface area contributed by atoms with Crippen LogP contribution in [0.3, 0.4) is 0 Å². The Balaban J connectivity index is 2.15. The highest BCUT2D eigenvalue weighted by molar-refractivity contribution is 5.94. The van der Waals surface area contributed by atoms with Crippen molar-refractivity contribution in [2.75, 3.05) is 19.4 Å². The molecule has 13 nitrogen and oxygen atoms in total. The second kappa shape index (κ2) is 12.5. The molecule has 2 atom stereocenters. The molecule has 3 aromatic rings. The van der Waals surface area contributed by atoms with Crippen LogP contribution in [-0.4, -0.2) is 56.9 Å². The van der Waals surface area contributed by atoms with Crippen molar-refractivity contribution in [3.8, 4) is 29.5 Å². The molecule has 0 spiro atoms. The van der Waals surface area contributed by atoms with Gasteiger partial charge in [-0.05, 0) is 54.8 Å². The maximum absolute atomic E-state index is 12.4. The lowest BCUT2D eigenvalue weighted by atomic mass is 9.99. The van der Waals surface area contributed by atoms with Crippen molar-refractivity contribution in [2.45, 2.75) is 33.2 Å². The van der Waals surface area contributed by atoms with Crippen molar-refractivity contribution < 1.29 is 29.1 Å². The molecule has 0 aliphatic heterocycles. The summed E-state index contributed by atoms with van der Waals surface area (Å²) in [6.45, 7) is 5.14. The van der Waals surface area contributed by atoms with Crippen LogP contribution in [0.1, 0.15) is 41.8 Å². The van der Waals surface area contributed by atoms with Gasteiger partial charge < -0.3 is 24.8 Å². The summed E-state index contributed by atoms with van der Waals surface area (Å²) in [6.07, 6.45) is 0.465. The predicted octanol–water partition coefficient (Wildman–Crippen LogP) is 4.76. The third-order valence-electron chi connectivity index (χ3n) is 6.01. The number of carboxylic acids is 1. The smallest absolute Gasteiger partial charge is 0.373 e. The van der Waals surface area contributed by atoms with Crippen molar-refractivity contribution in [1.29, 1.82) is 5.26 Å². The van der Waals surface area contributed by atoms with Crippen molar-refractivity contribution >= 4 is 23.4 Å². The summed E-state index contributed by atoms with van der Waals surface area (Å²) in [5.74, 6) is -2.58. The molecule has 0 bridgehead atoms. The second-order valence-electron chi connectivity index (χ2n) is 9.13. The van der Waals surface area contributed by atoms with Crippen LogP contribution in [0.4, 0.5) is 11.5 Å². The van der Waals surface area contributed by atoms with E-state index in [9.17, 15) is 30.1 Å². The molecule has 1 aromatic heterocycles. The van der Waals surface area contributed by atoms with E-state index in [2.05, 4.69) is 15.3 Å². The van der Waals surface area contributed by atoms with Gasteiger partial charge in [0, 0.05) is 19.7 Å². The summed E-state index contributed by atoms with van der Waals surface area (Å²) in [7, 11) is 3.19. The SMILES string of the molecule is CCC(C)C(Nc1nc(Oc2cccc(C(=O)N(C)C)c2)nc(Oc2ccc(C#N)c(C)c2)c1[N+](=O)[O-])C(=O)O. The van der Waals surface area contributed by atoms with E-state index in [0.29, 0.717) is 23.1 Å². The van der Waals surface area contributed by atoms with E-state index in [1.165, 1.54) is 35.2 Å². The first-order chi connectivity index (χ1) is 18.9. The van der Waals surface area contributed by atoms with Gasteiger partial charge in [0.15, 0.2) is 0 Å². The van der Waals surface area contributed by atoms with E-state index < -0.39 is 46.2 Å². The second-order valence-corrected chi connectivity index (χ2v) is 9.13. The minimum atomic E-state index is -1.23. The van der Waals surface area contributed by atoms with Crippen LogP contribution in [-0.2, 0) is 4.79 Å². The van der Waals surface area contributed by atoms with Gasteiger partial charge in [-0.1, -0.05) is 26.3 Å². The van der Waals surface area contributed by atoms with Crippen LogP contribution in [0.25, 0.3) is 0 Å². The third-order valence-corrected chi connectivity index (χ3v) is 6.01. The van der Waals surface area contributed by atoms with E-state index >= 15 is 0 Å². The fourth-order valence-corrected chi connectivity index (χ4v) is 3.62. The molecule has 0 saturated heterocycles. The van der Waals surface area contributed by atoms with Crippen LogP contribution in [0.5, 0.6) is 23.4 Å². The number of nitrogens with zero attached hydrogens (tertiary/aromatic N) is 5. The minimum absolute atomic E-state index is 0.144. The molecule has 1 amide bonds. The number of carboxylic acid groups (broad SMARTS) is 1. The molecular weight excluding hydrogens is 520 g/mol. The highest BCUT2D eigenvalue weighted by Gasteiger charge is 2.33. The van der Waals surface area contributed by atoms with Crippen molar-refractivity contribution in [3.05, 3.63) is 69.3 Å². The number of nitro groups is 1. The molecule has 3 rings (SSSR count). The molecule has 2 N–H and O–H groups in total. The summed E-state index contributed by atoms with van der Waals surface area (Å²) < 4.78 is 11.5. The molecular formula is C27H28N6O7. The summed E-state index contributed by atoms with van der Waals surface area (Å²) in [5.41, 5.74) is 0.563. The lowest BCUT2D eigenvalue weighted by molar-refractivity contribution is -0.385. The highest BCUT2D eigenvalue weighted by Crippen LogP contribution is 2.38. The van der Waals surface area contributed by atoms with Gasteiger partial charge in [-0.25, -0.2) is 4.79 Å². The first-order valence-electron chi connectivity index (χ1n) is 12.2. The topological polar surface area (TPSA) is 181 Å². The lowest BCUT2D eigenvalue weighted by Crippen LogP contribution is -2.36. The van der Waals surface area contributed by atoms with Gasteiger partial charge in [-0.2, -0.15) is 15.2 Å². The molecule has 208 valence electrons. The average molecular weight is 549 g/mol. The number of hydrogen-bond acceptors (Lipinski definition) is 10. The zero-order chi connectivity index (χ0) is 29.6. The van der Waals surface area contributed by atoms with Gasteiger partial charge in [0.2, 0.25) is 5.82 Å². The number of hydrogen-bond donors (Lipinski definition) is 2. The number of ether oxygens (including phenoxy) is 2. The monoisotopic (exact) mass is 548 g/mol. The Kier molecular flexibility index (Phi) is 9.18. The van der Waals surface area contributed by atoms with Gasteiger partial charge in [0.05, 0.1) is 16.6 Å². The number of aromatic nitrogens is 2. The molecule has 2 aromatic carbocycles. The lowest BCUT2D eigenvalue weighted by Gasteiger charge is -2.21. The number of aryl methyl sites for hydroxylation is 1. The number of anilines is 1. The zero-order valence-electron chi connectivity index (χ0n) is 22.5. The standard InChI is InChI=1S/C27H28N6O7/c1-6-15(2)21(26(35)36)29-23-22(33(37)38)24(39-20-11-10-18(14-28)16(3)12-20)31-27(30-23)40-19-9-7-8-17(13-19)25(34)32(4)5/h7-13,15,21H,6H2,1-5H3,(H,35,36)(H,29,30,31). The third kappa shape index (κ3) is 6.79. The number of aliphatic carboxylic acids is 1. The Hall–Kier alpha value is -5.25. The number of rotatable bonds is 11. The van der Waals surface area contributed by atoms with E-state index in [0.717, 1.165) is 0 Å². The number of carbonyl (C=O) groups excluding carboxylic acids is 1. The highest BCUT2D eigenvalue weighted by atomic mass is 16.6. The number of carbonyl (C=O) groups is 2. The van der Waals surface area contributed by atoms with Gasteiger partial charge in [0.1, 0.15) is 17.5 Å². The summed E-state index contributed by atoms with van der Waals surface area (Å²) in [4.78, 5) is 45.4. The molecule has 0 saturated carbocycles. The summed E-state index contributed by atoms with van der Waals surface area (Å²) in [5, 5.41) is 33.8. The molecule has 0 aliphatic carbocycles. The zero-order valence-corrected chi connectivity index (χ0v) is 22.5. The normalized spacial score (nSPS) is 12.0. The Labute approximate surface area is 230 Å². The Bertz CT molecular complexity index is 1480. The maximum Gasteiger partial charge on any atom is 0.373 e. The minimum Gasteiger partial charge on any atom is -0.480 e. The van der Waals surface area contributed by atoms with Crippen molar-refractivity contribution in [1.82, 2.24) is 14.9 Å².